The predicted octanol–water partition coefficient (Wildman–Crippen LogP) is 0.472. The van der Waals surface area contributed by atoms with Crippen molar-refractivity contribution in [3.05, 3.63) is 0 Å². The van der Waals surface area contributed by atoms with Gasteiger partial charge in [0.2, 0.25) is 5.91 Å². The largest absolute Gasteiger partial charge is 0.480 e. The molecule has 2 fully saturated rings. The molecule has 1 saturated carbocycles. The van der Waals surface area contributed by atoms with Crippen molar-refractivity contribution in [2.24, 2.45) is 5.92 Å². The van der Waals surface area contributed by atoms with E-state index in [0.29, 0.717) is 13.0 Å². The molecule has 1 saturated heterocycles. The van der Waals surface area contributed by atoms with E-state index in [-0.39, 0.29) is 11.8 Å². The first-order valence-electron chi connectivity index (χ1n) is 4.73. The average molecular weight is 183 g/mol. The van der Waals surface area contributed by atoms with Gasteiger partial charge in [-0.15, -0.1) is 0 Å². The number of nitrogens with zero attached hydrogens (tertiary/aromatic N) is 1. The lowest BCUT2D eigenvalue weighted by Gasteiger charge is -2.20. The van der Waals surface area contributed by atoms with Crippen LogP contribution in [0.1, 0.15) is 25.7 Å². The molecular formula is C9H13NO3. The van der Waals surface area contributed by atoms with Gasteiger partial charge in [0.05, 0.1) is 0 Å². The van der Waals surface area contributed by atoms with Gasteiger partial charge in [0, 0.05) is 12.5 Å². The minimum Gasteiger partial charge on any atom is -0.480 e. The van der Waals surface area contributed by atoms with Gasteiger partial charge in [0.25, 0.3) is 0 Å². The van der Waals surface area contributed by atoms with Gasteiger partial charge >= 0.3 is 5.97 Å². The Hall–Kier alpha value is -1.06. The Bertz CT molecular complexity index is 247. The van der Waals surface area contributed by atoms with E-state index in [2.05, 4.69) is 0 Å². The van der Waals surface area contributed by atoms with E-state index in [1.165, 1.54) is 0 Å². The van der Waals surface area contributed by atoms with Crippen LogP contribution < -0.4 is 0 Å². The van der Waals surface area contributed by atoms with Gasteiger partial charge in [-0.25, -0.2) is 4.79 Å². The summed E-state index contributed by atoms with van der Waals surface area (Å²) in [6, 6.07) is -0.548. The second kappa shape index (κ2) is 3.01. The summed E-state index contributed by atoms with van der Waals surface area (Å²) in [5.74, 6) is -0.656. The molecule has 4 nitrogen and oxygen atoms in total. The fraction of sp³-hybridized carbons (Fsp3) is 0.778. The molecule has 1 amide bonds. The monoisotopic (exact) mass is 183 g/mol. The molecule has 0 radical (unpaired) electrons. The number of carboxylic acid groups (broad SMARTS) is 1. The quantitative estimate of drug-likeness (QED) is 0.677. The Kier molecular flexibility index (Phi) is 1.98. The number of hydrogen-bond acceptors (Lipinski definition) is 2. The van der Waals surface area contributed by atoms with Crippen LogP contribution in [-0.2, 0) is 9.59 Å². The van der Waals surface area contributed by atoms with E-state index in [1.807, 2.05) is 0 Å². The number of hydrogen-bond donors (Lipinski definition) is 1. The first-order chi connectivity index (χ1) is 6.20. The summed E-state index contributed by atoms with van der Waals surface area (Å²) in [6.45, 7) is 0.631. The minimum atomic E-state index is -0.855. The molecule has 0 spiro atoms. The molecule has 13 heavy (non-hydrogen) atoms. The van der Waals surface area contributed by atoms with Crippen molar-refractivity contribution >= 4 is 11.9 Å². The lowest BCUT2D eigenvalue weighted by molar-refractivity contribution is -0.148. The van der Waals surface area contributed by atoms with Crippen molar-refractivity contribution in [1.82, 2.24) is 4.90 Å². The van der Waals surface area contributed by atoms with E-state index in [1.54, 1.807) is 4.90 Å². The number of likely N-dealkylation sites (tertiary alicyclic amines) is 1. The van der Waals surface area contributed by atoms with Crippen molar-refractivity contribution in [2.45, 2.75) is 31.7 Å². The minimum absolute atomic E-state index is 0.0601. The van der Waals surface area contributed by atoms with Crippen molar-refractivity contribution in [3.63, 3.8) is 0 Å². The molecule has 1 atom stereocenters. The number of carboxylic acids is 1. The van der Waals surface area contributed by atoms with Crippen LogP contribution in [0.2, 0.25) is 0 Å². The smallest absolute Gasteiger partial charge is 0.326 e. The van der Waals surface area contributed by atoms with Crippen molar-refractivity contribution in [1.29, 1.82) is 0 Å². The SMILES string of the molecule is O=C(O)[C@H]1CCCN1C(=O)C1CC1. The Morgan fingerprint density at radius 2 is 1.92 bits per heavy atom. The van der Waals surface area contributed by atoms with Crippen LogP contribution in [0.4, 0.5) is 0 Å². The molecule has 1 N–H and O–H groups in total. The van der Waals surface area contributed by atoms with Crippen molar-refractivity contribution < 1.29 is 14.7 Å². The summed E-state index contributed by atoms with van der Waals surface area (Å²) < 4.78 is 0. The highest BCUT2D eigenvalue weighted by atomic mass is 16.4. The predicted molar refractivity (Wildman–Crippen MR) is 45.1 cm³/mol. The maximum atomic E-state index is 11.6. The Morgan fingerprint density at radius 3 is 2.46 bits per heavy atom. The highest BCUT2D eigenvalue weighted by Crippen LogP contribution is 2.33. The zero-order valence-electron chi connectivity index (χ0n) is 7.40. The Morgan fingerprint density at radius 1 is 1.23 bits per heavy atom. The van der Waals surface area contributed by atoms with Gasteiger partial charge in [0.15, 0.2) is 0 Å². The van der Waals surface area contributed by atoms with Crippen LogP contribution >= 0.6 is 0 Å². The zero-order chi connectivity index (χ0) is 9.42. The molecule has 0 aromatic carbocycles. The molecular weight excluding hydrogens is 170 g/mol. The van der Waals surface area contributed by atoms with Gasteiger partial charge in [-0.1, -0.05) is 0 Å². The summed E-state index contributed by atoms with van der Waals surface area (Å²) in [5, 5.41) is 8.84. The second-order valence-corrected chi connectivity index (χ2v) is 3.80. The fourth-order valence-electron chi connectivity index (χ4n) is 1.85. The first kappa shape index (κ1) is 8.53. The molecule has 1 aliphatic carbocycles. The van der Waals surface area contributed by atoms with Gasteiger partial charge in [-0.2, -0.15) is 0 Å². The normalized spacial score (nSPS) is 27.7. The van der Waals surface area contributed by atoms with E-state index >= 15 is 0 Å². The molecule has 0 aromatic heterocycles. The molecule has 1 aliphatic heterocycles. The highest BCUT2D eigenvalue weighted by Gasteiger charge is 2.40. The van der Waals surface area contributed by atoms with E-state index in [4.69, 9.17) is 5.11 Å². The molecule has 2 aliphatic rings. The van der Waals surface area contributed by atoms with Crippen LogP contribution in [0, 0.1) is 5.92 Å². The van der Waals surface area contributed by atoms with Crippen LogP contribution in [-0.4, -0.2) is 34.5 Å². The van der Waals surface area contributed by atoms with E-state index < -0.39 is 12.0 Å². The van der Waals surface area contributed by atoms with Crippen LogP contribution in [0.15, 0.2) is 0 Å². The van der Waals surface area contributed by atoms with Gasteiger partial charge < -0.3 is 10.0 Å². The summed E-state index contributed by atoms with van der Waals surface area (Å²) in [6.07, 6.45) is 3.34. The van der Waals surface area contributed by atoms with Gasteiger partial charge in [0.1, 0.15) is 6.04 Å². The van der Waals surface area contributed by atoms with E-state index in [0.717, 1.165) is 19.3 Å². The van der Waals surface area contributed by atoms with Crippen LogP contribution in [0.3, 0.4) is 0 Å². The van der Waals surface area contributed by atoms with Crippen LogP contribution in [0.25, 0.3) is 0 Å². The van der Waals surface area contributed by atoms with Crippen molar-refractivity contribution in [3.8, 4) is 0 Å². The topological polar surface area (TPSA) is 57.6 Å². The third-order valence-electron chi connectivity index (χ3n) is 2.75. The third kappa shape index (κ3) is 1.53. The Balaban J connectivity index is 2.03. The molecule has 72 valence electrons. The molecule has 0 bridgehead atoms. The molecule has 0 unspecified atom stereocenters. The number of aliphatic carboxylic acids is 1. The maximum Gasteiger partial charge on any atom is 0.326 e. The third-order valence-corrected chi connectivity index (χ3v) is 2.75. The highest BCUT2D eigenvalue weighted by molar-refractivity contribution is 5.86. The first-order valence-corrected chi connectivity index (χ1v) is 4.73. The average Bonchev–Trinajstić information content (AvgIpc) is 2.80. The van der Waals surface area contributed by atoms with Crippen molar-refractivity contribution in [2.75, 3.05) is 6.54 Å². The maximum absolute atomic E-state index is 11.6. The number of carbonyl (C=O) groups is 2. The van der Waals surface area contributed by atoms with E-state index in [9.17, 15) is 9.59 Å². The van der Waals surface area contributed by atoms with Gasteiger partial charge in [-0.3, -0.25) is 4.79 Å². The number of carbonyl (C=O) groups excluding carboxylic acids is 1. The number of rotatable bonds is 2. The van der Waals surface area contributed by atoms with Gasteiger partial charge in [-0.05, 0) is 25.7 Å². The molecule has 4 heteroatoms. The summed E-state index contributed by atoms with van der Waals surface area (Å²) in [7, 11) is 0. The fourth-order valence-corrected chi connectivity index (χ4v) is 1.85. The molecule has 1 heterocycles. The zero-order valence-corrected chi connectivity index (χ0v) is 7.40. The van der Waals surface area contributed by atoms with Crippen LogP contribution in [0.5, 0.6) is 0 Å². The summed E-state index contributed by atoms with van der Waals surface area (Å²) >= 11 is 0. The summed E-state index contributed by atoms with van der Waals surface area (Å²) in [5.41, 5.74) is 0. The lowest BCUT2D eigenvalue weighted by atomic mass is 10.2. The summed E-state index contributed by atoms with van der Waals surface area (Å²) in [4.78, 5) is 23.9. The molecule has 2 rings (SSSR count). The number of amides is 1. The molecule has 0 aromatic rings. The lowest BCUT2D eigenvalue weighted by Crippen LogP contribution is -2.41. The second-order valence-electron chi connectivity index (χ2n) is 3.80. The standard InChI is InChI=1S/C9H13NO3/c11-8(6-3-4-6)10-5-1-2-7(10)9(12)13/h6-7H,1-5H2,(H,12,13)/t7-/m1/s1. The Labute approximate surface area is 76.5 Å².